The maximum Gasteiger partial charge on any atom is 0.292 e. The van der Waals surface area contributed by atoms with Gasteiger partial charge in [-0.2, -0.15) is 11.8 Å². The second-order valence-corrected chi connectivity index (χ2v) is 5.61. The van der Waals surface area contributed by atoms with E-state index in [1.165, 1.54) is 6.07 Å². The highest BCUT2D eigenvalue weighted by Gasteiger charge is 2.18. The molecule has 1 N–H and O–H groups in total. The zero-order valence-electron chi connectivity index (χ0n) is 9.69. The van der Waals surface area contributed by atoms with Gasteiger partial charge >= 0.3 is 0 Å². The minimum atomic E-state index is -0.367. The molecule has 0 amide bonds. The largest absolute Gasteiger partial charge is 0.378 e. The summed E-state index contributed by atoms with van der Waals surface area (Å²) >= 11 is 1.73. The zero-order valence-corrected chi connectivity index (χ0v) is 10.5. The minimum absolute atomic E-state index is 0.0592. The Bertz CT molecular complexity index is 380. The van der Waals surface area contributed by atoms with Crippen LogP contribution in [0, 0.1) is 10.1 Å². The second-order valence-electron chi connectivity index (χ2n) is 4.09. The first kappa shape index (κ1) is 12.8. The fourth-order valence-corrected chi connectivity index (χ4v) is 1.38. The molecular formula is C11H16N2O2S. The lowest BCUT2D eigenvalue weighted by Crippen LogP contribution is -2.26. The summed E-state index contributed by atoms with van der Waals surface area (Å²) in [6, 6.07) is 6.70. The molecular weight excluding hydrogens is 224 g/mol. The number of anilines is 1. The van der Waals surface area contributed by atoms with Crippen LogP contribution in [0.1, 0.15) is 13.8 Å². The second kappa shape index (κ2) is 5.21. The average Bonchev–Trinajstić information content (AvgIpc) is 2.27. The van der Waals surface area contributed by atoms with Crippen molar-refractivity contribution >= 4 is 23.1 Å². The Morgan fingerprint density at radius 1 is 1.44 bits per heavy atom. The molecule has 0 spiro atoms. The molecule has 1 aromatic carbocycles. The van der Waals surface area contributed by atoms with Gasteiger partial charge in [0.1, 0.15) is 5.69 Å². The standard InChI is InChI=1S/C11H16N2O2S/c1-11(2,16-3)8-12-9-6-4-5-7-10(9)13(14)15/h4-7,12H,8H2,1-3H3. The van der Waals surface area contributed by atoms with Crippen LogP contribution in [0.25, 0.3) is 0 Å². The fourth-order valence-electron chi connectivity index (χ4n) is 1.16. The molecule has 0 atom stereocenters. The molecule has 0 saturated heterocycles. The van der Waals surface area contributed by atoms with Gasteiger partial charge in [-0.3, -0.25) is 10.1 Å². The van der Waals surface area contributed by atoms with Crippen LogP contribution < -0.4 is 5.32 Å². The van der Waals surface area contributed by atoms with Crippen LogP contribution in [-0.2, 0) is 0 Å². The maximum atomic E-state index is 10.8. The van der Waals surface area contributed by atoms with E-state index in [4.69, 9.17) is 0 Å². The third-order valence-electron chi connectivity index (χ3n) is 2.36. The SMILES string of the molecule is CSC(C)(C)CNc1ccccc1[N+](=O)[O-]. The van der Waals surface area contributed by atoms with Crippen LogP contribution in [-0.4, -0.2) is 22.5 Å². The van der Waals surface area contributed by atoms with Crippen LogP contribution in [0.3, 0.4) is 0 Å². The molecule has 1 aromatic rings. The lowest BCUT2D eigenvalue weighted by Gasteiger charge is -2.22. The molecule has 88 valence electrons. The van der Waals surface area contributed by atoms with Crippen molar-refractivity contribution in [1.82, 2.24) is 0 Å². The number of nitro benzene ring substituents is 1. The fraction of sp³-hybridized carbons (Fsp3) is 0.455. The predicted molar refractivity (Wildman–Crippen MR) is 69.2 cm³/mol. The number of rotatable bonds is 5. The first-order valence-electron chi connectivity index (χ1n) is 4.99. The van der Waals surface area contributed by atoms with E-state index in [9.17, 15) is 10.1 Å². The van der Waals surface area contributed by atoms with Gasteiger partial charge in [0.15, 0.2) is 0 Å². The first-order valence-corrected chi connectivity index (χ1v) is 6.21. The Kier molecular flexibility index (Phi) is 4.18. The molecule has 0 saturated carbocycles. The topological polar surface area (TPSA) is 55.2 Å². The Hall–Kier alpha value is -1.23. The maximum absolute atomic E-state index is 10.8. The van der Waals surface area contributed by atoms with E-state index in [2.05, 4.69) is 19.2 Å². The van der Waals surface area contributed by atoms with Gasteiger partial charge < -0.3 is 5.32 Å². The summed E-state index contributed by atoms with van der Waals surface area (Å²) in [5.41, 5.74) is 0.703. The monoisotopic (exact) mass is 240 g/mol. The zero-order chi connectivity index (χ0) is 12.2. The van der Waals surface area contributed by atoms with Gasteiger partial charge in [-0.1, -0.05) is 12.1 Å². The molecule has 0 bridgehead atoms. The lowest BCUT2D eigenvalue weighted by atomic mass is 10.2. The van der Waals surface area contributed by atoms with Gasteiger partial charge in [-0.25, -0.2) is 0 Å². The Balaban J connectivity index is 2.78. The van der Waals surface area contributed by atoms with Crippen LogP contribution in [0.2, 0.25) is 0 Å². The Labute approximate surface area is 99.6 Å². The number of nitrogens with zero attached hydrogens (tertiary/aromatic N) is 1. The van der Waals surface area contributed by atoms with Crippen molar-refractivity contribution in [3.05, 3.63) is 34.4 Å². The molecule has 0 aliphatic carbocycles. The third-order valence-corrected chi connectivity index (χ3v) is 3.61. The number of benzene rings is 1. The van der Waals surface area contributed by atoms with Gasteiger partial charge in [0.2, 0.25) is 0 Å². The molecule has 16 heavy (non-hydrogen) atoms. The molecule has 0 aromatic heterocycles. The highest BCUT2D eigenvalue weighted by atomic mass is 32.2. The van der Waals surface area contributed by atoms with Crippen molar-refractivity contribution in [2.45, 2.75) is 18.6 Å². The summed E-state index contributed by atoms with van der Waals surface area (Å²) in [4.78, 5) is 10.4. The van der Waals surface area contributed by atoms with Crippen molar-refractivity contribution in [2.24, 2.45) is 0 Å². The molecule has 0 fully saturated rings. The van der Waals surface area contributed by atoms with E-state index in [-0.39, 0.29) is 15.4 Å². The molecule has 0 aliphatic heterocycles. The van der Waals surface area contributed by atoms with Gasteiger partial charge in [-0.15, -0.1) is 0 Å². The van der Waals surface area contributed by atoms with Crippen LogP contribution >= 0.6 is 11.8 Å². The summed E-state index contributed by atoms with van der Waals surface area (Å²) in [7, 11) is 0. The highest BCUT2D eigenvalue weighted by Crippen LogP contribution is 2.26. The quantitative estimate of drug-likeness (QED) is 0.634. The molecule has 4 nitrogen and oxygen atoms in total. The Morgan fingerprint density at radius 2 is 2.06 bits per heavy atom. The van der Waals surface area contributed by atoms with Gasteiger partial charge in [0.25, 0.3) is 5.69 Å². The third kappa shape index (κ3) is 3.41. The first-order chi connectivity index (χ1) is 7.46. The minimum Gasteiger partial charge on any atom is -0.378 e. The summed E-state index contributed by atoms with van der Waals surface area (Å²) < 4.78 is 0.0592. The highest BCUT2D eigenvalue weighted by molar-refractivity contribution is 7.99. The van der Waals surface area contributed by atoms with Crippen molar-refractivity contribution in [1.29, 1.82) is 0 Å². The Morgan fingerprint density at radius 3 is 2.62 bits per heavy atom. The number of para-hydroxylation sites is 2. The van der Waals surface area contributed by atoms with E-state index < -0.39 is 0 Å². The van der Waals surface area contributed by atoms with E-state index >= 15 is 0 Å². The summed E-state index contributed by atoms with van der Waals surface area (Å²) in [6.45, 7) is 4.89. The van der Waals surface area contributed by atoms with Gasteiger partial charge in [0.05, 0.1) is 4.92 Å². The van der Waals surface area contributed by atoms with Crippen molar-refractivity contribution in [3.63, 3.8) is 0 Å². The average molecular weight is 240 g/mol. The van der Waals surface area contributed by atoms with E-state index in [0.717, 1.165) is 0 Å². The number of nitrogens with one attached hydrogen (secondary N) is 1. The molecule has 0 aliphatic rings. The number of thioether (sulfide) groups is 1. The van der Waals surface area contributed by atoms with Crippen LogP contribution in [0.4, 0.5) is 11.4 Å². The predicted octanol–water partition coefficient (Wildman–Crippen LogP) is 3.15. The van der Waals surface area contributed by atoms with Crippen molar-refractivity contribution in [2.75, 3.05) is 18.1 Å². The molecule has 1 rings (SSSR count). The summed E-state index contributed by atoms with van der Waals surface area (Å²) in [5, 5.41) is 13.9. The van der Waals surface area contributed by atoms with E-state index in [1.54, 1.807) is 30.0 Å². The number of hydrogen-bond acceptors (Lipinski definition) is 4. The lowest BCUT2D eigenvalue weighted by molar-refractivity contribution is -0.384. The smallest absolute Gasteiger partial charge is 0.292 e. The van der Waals surface area contributed by atoms with Crippen LogP contribution in [0.15, 0.2) is 24.3 Å². The molecule has 0 heterocycles. The number of nitro groups is 1. The van der Waals surface area contributed by atoms with Gasteiger partial charge in [0, 0.05) is 17.4 Å². The van der Waals surface area contributed by atoms with Crippen LogP contribution in [0.5, 0.6) is 0 Å². The number of hydrogen-bond donors (Lipinski definition) is 1. The molecule has 5 heteroatoms. The van der Waals surface area contributed by atoms with Crippen molar-refractivity contribution < 1.29 is 4.92 Å². The van der Waals surface area contributed by atoms with Gasteiger partial charge in [-0.05, 0) is 26.2 Å². The summed E-state index contributed by atoms with van der Waals surface area (Å²) in [5.74, 6) is 0. The van der Waals surface area contributed by atoms with Crippen molar-refractivity contribution in [3.8, 4) is 0 Å². The normalized spacial score (nSPS) is 11.2. The molecule has 0 unspecified atom stereocenters. The summed E-state index contributed by atoms with van der Waals surface area (Å²) in [6.07, 6.45) is 2.03. The van der Waals surface area contributed by atoms with E-state index in [1.807, 2.05) is 6.26 Å². The van der Waals surface area contributed by atoms with E-state index in [0.29, 0.717) is 12.2 Å². The molecule has 0 radical (unpaired) electrons.